The first-order chi connectivity index (χ1) is 8.38. The summed E-state index contributed by atoms with van der Waals surface area (Å²) in [7, 11) is 0. The molecule has 1 aliphatic heterocycles. The van der Waals surface area contributed by atoms with Crippen molar-refractivity contribution in [3.05, 3.63) is 37.7 Å². The number of nitrogens with one attached hydrogen (secondary N) is 1. The molecule has 0 spiro atoms. The van der Waals surface area contributed by atoms with Crippen LogP contribution in [0.25, 0.3) is 11.2 Å². The molecule has 0 saturated carbocycles. The number of imidazole rings is 1. The lowest BCUT2D eigenvalue weighted by molar-refractivity contribution is 0.450. The van der Waals surface area contributed by atoms with Crippen LogP contribution in [0.1, 0.15) is 0 Å². The Bertz CT molecular complexity index is 572. The number of rotatable bonds is 3. The van der Waals surface area contributed by atoms with E-state index in [-0.39, 0.29) is 0 Å². The molecule has 2 aromatic rings. The van der Waals surface area contributed by atoms with Crippen molar-refractivity contribution >= 4 is 17.0 Å². The second-order valence-electron chi connectivity index (χ2n) is 3.77. The zero-order chi connectivity index (χ0) is 11.7. The average molecular weight is 228 g/mol. The number of fused-ring (bicyclic) bond motifs is 1. The average Bonchev–Trinajstić information content (AvgIpc) is 2.96. The summed E-state index contributed by atoms with van der Waals surface area (Å²) in [4.78, 5) is 19.8. The molecule has 0 atom stereocenters. The Hall–Kier alpha value is -2.37. The Labute approximate surface area is 98.3 Å². The zero-order valence-electron chi connectivity index (χ0n) is 9.24. The molecule has 86 valence electrons. The predicted molar refractivity (Wildman–Crippen MR) is 65.1 cm³/mol. The molecule has 0 fully saturated rings. The van der Waals surface area contributed by atoms with E-state index >= 15 is 0 Å². The summed E-state index contributed by atoms with van der Waals surface area (Å²) in [5.41, 5.74) is 1.54. The summed E-state index contributed by atoms with van der Waals surface area (Å²) in [5, 5.41) is 0. The van der Waals surface area contributed by atoms with Crippen molar-refractivity contribution in [2.75, 3.05) is 18.1 Å². The van der Waals surface area contributed by atoms with Gasteiger partial charge in [0.25, 0.3) is 0 Å². The van der Waals surface area contributed by atoms with Gasteiger partial charge in [0, 0.05) is 18.9 Å². The second kappa shape index (κ2) is 3.89. The van der Waals surface area contributed by atoms with Crippen molar-refractivity contribution < 1.29 is 0 Å². The Morgan fingerprint density at radius 2 is 2.29 bits per heavy atom. The Kier molecular flexibility index (Phi) is 2.25. The van der Waals surface area contributed by atoms with Gasteiger partial charge >= 0.3 is 0 Å². The van der Waals surface area contributed by atoms with Crippen LogP contribution >= 0.6 is 0 Å². The van der Waals surface area contributed by atoms with E-state index in [0.29, 0.717) is 5.65 Å². The van der Waals surface area contributed by atoms with E-state index in [1.165, 1.54) is 6.33 Å². The topological polar surface area (TPSA) is 60.9 Å². The summed E-state index contributed by atoms with van der Waals surface area (Å²) < 4.78 is 0. The van der Waals surface area contributed by atoms with Crippen molar-refractivity contribution in [3.8, 4) is 0 Å². The number of H-pyrrole nitrogens is 1. The highest BCUT2D eigenvalue weighted by Crippen LogP contribution is 2.22. The molecule has 0 unspecified atom stereocenters. The van der Waals surface area contributed by atoms with Gasteiger partial charge in [-0.05, 0) is 0 Å². The van der Waals surface area contributed by atoms with E-state index in [0.717, 1.165) is 24.5 Å². The fourth-order valence-corrected chi connectivity index (χ4v) is 1.86. The molecule has 0 radical (unpaired) electrons. The van der Waals surface area contributed by atoms with E-state index in [1.54, 1.807) is 6.33 Å². The summed E-state index contributed by atoms with van der Waals surface area (Å²) in [6, 6.07) is 0. The fraction of sp³-hybridized carbons (Fsp3) is 0.182. The van der Waals surface area contributed by atoms with Gasteiger partial charge in [0.2, 0.25) is 0 Å². The Morgan fingerprint density at radius 3 is 3.18 bits per heavy atom. The van der Waals surface area contributed by atoms with E-state index < -0.39 is 0 Å². The largest absolute Gasteiger partial charge is 0.354 e. The van der Waals surface area contributed by atoms with Crippen LogP contribution in [0.2, 0.25) is 0 Å². The van der Waals surface area contributed by atoms with Crippen molar-refractivity contribution in [3.63, 3.8) is 0 Å². The molecule has 0 amide bonds. The molecular formula is C11H12N6. The number of hydrogen-bond donors (Lipinski definition) is 1. The number of nitrogens with zero attached hydrogens (tertiary/aromatic N) is 5. The van der Waals surface area contributed by atoms with Gasteiger partial charge in [-0.15, -0.1) is 6.58 Å². The summed E-state index contributed by atoms with van der Waals surface area (Å²) >= 11 is 0. The Morgan fingerprint density at radius 1 is 1.35 bits per heavy atom. The molecular weight excluding hydrogens is 216 g/mol. The quantitative estimate of drug-likeness (QED) is 0.797. The van der Waals surface area contributed by atoms with Crippen molar-refractivity contribution in [1.29, 1.82) is 0 Å². The van der Waals surface area contributed by atoms with Crippen LogP contribution in [0.5, 0.6) is 0 Å². The molecule has 1 N–H and O–H groups in total. The monoisotopic (exact) mass is 228 g/mol. The summed E-state index contributed by atoms with van der Waals surface area (Å²) in [5.74, 6) is 0.843. The summed E-state index contributed by atoms with van der Waals surface area (Å²) in [6.45, 7) is 5.31. The first kappa shape index (κ1) is 9.83. The van der Waals surface area contributed by atoms with Crippen LogP contribution in [0.3, 0.4) is 0 Å². The molecule has 1 aliphatic rings. The molecule has 2 aromatic heterocycles. The molecule has 17 heavy (non-hydrogen) atoms. The zero-order valence-corrected chi connectivity index (χ0v) is 9.24. The highest BCUT2D eigenvalue weighted by Gasteiger charge is 2.17. The maximum Gasteiger partial charge on any atom is 0.182 e. The number of hydrogen-bond acceptors (Lipinski definition) is 5. The standard InChI is InChI=1S/C11H12N6/c1-2-3-16-4-5-17(8-16)11-9-10(13-6-12-9)14-7-15-11/h2,4-7H,1,3,8H2,(H,12,13,14,15). The lowest BCUT2D eigenvalue weighted by atomic mass is 10.4. The van der Waals surface area contributed by atoms with Crippen molar-refractivity contribution in [2.45, 2.75) is 0 Å². The SMILES string of the molecule is C=CCN1C=CN(c2ncnc3nc[nH]c23)C1. The highest BCUT2D eigenvalue weighted by molar-refractivity contribution is 5.83. The van der Waals surface area contributed by atoms with Crippen LogP contribution in [0, 0.1) is 0 Å². The molecule has 0 saturated heterocycles. The summed E-state index contributed by atoms with van der Waals surface area (Å²) in [6.07, 6.45) is 9.05. The minimum absolute atomic E-state index is 0.686. The van der Waals surface area contributed by atoms with Crippen LogP contribution in [0.4, 0.5) is 5.82 Å². The third kappa shape index (κ3) is 1.63. The van der Waals surface area contributed by atoms with Crippen molar-refractivity contribution in [2.24, 2.45) is 0 Å². The molecule has 0 bridgehead atoms. The maximum atomic E-state index is 4.30. The van der Waals surface area contributed by atoms with Gasteiger partial charge in [-0.1, -0.05) is 6.08 Å². The van der Waals surface area contributed by atoms with Gasteiger partial charge in [-0.2, -0.15) is 0 Å². The number of aromatic amines is 1. The lowest BCUT2D eigenvalue weighted by Gasteiger charge is -2.19. The van der Waals surface area contributed by atoms with Crippen molar-refractivity contribution in [1.82, 2.24) is 24.8 Å². The second-order valence-corrected chi connectivity index (χ2v) is 3.77. The van der Waals surface area contributed by atoms with Gasteiger partial charge < -0.3 is 14.8 Å². The molecule has 3 heterocycles. The third-order valence-corrected chi connectivity index (χ3v) is 2.63. The van der Waals surface area contributed by atoms with Gasteiger partial charge in [-0.3, -0.25) is 0 Å². The normalized spacial score (nSPS) is 14.8. The van der Waals surface area contributed by atoms with Crippen LogP contribution in [0.15, 0.2) is 37.7 Å². The molecule has 0 aromatic carbocycles. The van der Waals surface area contributed by atoms with E-state index in [2.05, 4.69) is 31.4 Å². The minimum atomic E-state index is 0.686. The van der Waals surface area contributed by atoms with Gasteiger partial charge in [0.05, 0.1) is 13.0 Å². The van der Waals surface area contributed by atoms with E-state index in [9.17, 15) is 0 Å². The lowest BCUT2D eigenvalue weighted by Crippen LogP contribution is -2.25. The first-order valence-corrected chi connectivity index (χ1v) is 5.32. The van der Waals surface area contributed by atoms with Gasteiger partial charge in [0.1, 0.15) is 11.8 Å². The number of anilines is 1. The highest BCUT2D eigenvalue weighted by atomic mass is 15.4. The maximum absolute atomic E-state index is 4.30. The predicted octanol–water partition coefficient (Wildman–Crippen LogP) is 1.09. The third-order valence-electron chi connectivity index (χ3n) is 2.63. The van der Waals surface area contributed by atoms with Crippen LogP contribution in [-0.4, -0.2) is 38.0 Å². The Balaban J connectivity index is 1.93. The molecule has 6 heteroatoms. The van der Waals surface area contributed by atoms with Crippen LogP contribution in [-0.2, 0) is 0 Å². The minimum Gasteiger partial charge on any atom is -0.354 e. The van der Waals surface area contributed by atoms with Gasteiger partial charge in [-0.25, -0.2) is 15.0 Å². The fourth-order valence-electron chi connectivity index (χ4n) is 1.86. The van der Waals surface area contributed by atoms with Gasteiger partial charge in [0.15, 0.2) is 11.5 Å². The molecule has 3 rings (SSSR count). The first-order valence-electron chi connectivity index (χ1n) is 5.32. The number of aromatic nitrogens is 4. The van der Waals surface area contributed by atoms with E-state index in [1.807, 2.05) is 23.4 Å². The van der Waals surface area contributed by atoms with Crippen LogP contribution < -0.4 is 4.90 Å². The molecule has 6 nitrogen and oxygen atoms in total. The van der Waals surface area contributed by atoms with E-state index in [4.69, 9.17) is 0 Å². The smallest absolute Gasteiger partial charge is 0.182 e. The molecule has 0 aliphatic carbocycles.